The first-order valence-electron chi connectivity index (χ1n) is 4.04. The van der Waals surface area contributed by atoms with Crippen LogP contribution in [-0.4, -0.2) is 4.98 Å². The molecule has 0 aliphatic heterocycles. The van der Waals surface area contributed by atoms with Gasteiger partial charge in [0.1, 0.15) is 15.4 Å². The number of benzene rings is 1. The summed E-state index contributed by atoms with van der Waals surface area (Å²) in [5.41, 5.74) is 1.74. The van der Waals surface area contributed by atoms with Gasteiger partial charge in [0.15, 0.2) is 0 Å². The minimum Gasteiger partial charge on any atom is -0.229 e. The molecular formula is C10H7BrFNS. The van der Waals surface area contributed by atoms with Crippen molar-refractivity contribution in [3.05, 3.63) is 39.6 Å². The summed E-state index contributed by atoms with van der Waals surface area (Å²) in [5.74, 6) is -0.216. The second-order valence-corrected chi connectivity index (χ2v) is 4.66. The van der Waals surface area contributed by atoms with Crippen LogP contribution in [0.4, 0.5) is 4.39 Å². The van der Waals surface area contributed by atoms with Crippen molar-refractivity contribution in [2.45, 2.75) is 6.92 Å². The molecule has 1 aromatic carbocycles. The molecule has 2 rings (SSSR count). The van der Waals surface area contributed by atoms with Gasteiger partial charge < -0.3 is 0 Å². The Bertz CT molecular complexity index is 447. The first kappa shape index (κ1) is 9.80. The normalized spacial score (nSPS) is 10.5. The SMILES string of the molecule is Cc1cc(F)cc(-c2nc(Br)cs2)c1. The largest absolute Gasteiger partial charge is 0.229 e. The van der Waals surface area contributed by atoms with Gasteiger partial charge in [0, 0.05) is 10.9 Å². The van der Waals surface area contributed by atoms with Crippen LogP contribution in [0.3, 0.4) is 0 Å². The maximum absolute atomic E-state index is 13.1. The second-order valence-electron chi connectivity index (χ2n) is 2.99. The van der Waals surface area contributed by atoms with Crippen LogP contribution in [0.1, 0.15) is 5.56 Å². The van der Waals surface area contributed by atoms with Crippen molar-refractivity contribution in [2.24, 2.45) is 0 Å². The summed E-state index contributed by atoms with van der Waals surface area (Å²) in [7, 11) is 0. The minimum atomic E-state index is -0.216. The highest BCUT2D eigenvalue weighted by atomic mass is 79.9. The Kier molecular flexibility index (Phi) is 2.65. The average Bonchev–Trinajstić information content (AvgIpc) is 2.50. The van der Waals surface area contributed by atoms with E-state index in [0.29, 0.717) is 0 Å². The zero-order valence-corrected chi connectivity index (χ0v) is 9.82. The van der Waals surface area contributed by atoms with E-state index in [9.17, 15) is 4.39 Å². The molecular weight excluding hydrogens is 265 g/mol. The molecule has 4 heteroatoms. The van der Waals surface area contributed by atoms with E-state index in [2.05, 4.69) is 20.9 Å². The van der Waals surface area contributed by atoms with E-state index in [1.165, 1.54) is 23.5 Å². The summed E-state index contributed by atoms with van der Waals surface area (Å²) in [4.78, 5) is 4.23. The third kappa shape index (κ3) is 2.01. The molecule has 0 aliphatic rings. The van der Waals surface area contributed by atoms with Gasteiger partial charge in [-0.2, -0.15) is 0 Å². The lowest BCUT2D eigenvalue weighted by Crippen LogP contribution is -1.82. The Morgan fingerprint density at radius 2 is 2.14 bits per heavy atom. The number of rotatable bonds is 1. The highest BCUT2D eigenvalue weighted by molar-refractivity contribution is 9.10. The minimum absolute atomic E-state index is 0.216. The van der Waals surface area contributed by atoms with Gasteiger partial charge >= 0.3 is 0 Å². The fraction of sp³-hybridized carbons (Fsp3) is 0.100. The van der Waals surface area contributed by atoms with Gasteiger partial charge in [-0.25, -0.2) is 9.37 Å². The highest BCUT2D eigenvalue weighted by Crippen LogP contribution is 2.27. The van der Waals surface area contributed by atoms with Crippen molar-refractivity contribution in [3.8, 4) is 10.6 Å². The number of thiazole rings is 1. The van der Waals surface area contributed by atoms with E-state index in [-0.39, 0.29) is 5.82 Å². The van der Waals surface area contributed by atoms with Gasteiger partial charge in [0.05, 0.1) is 0 Å². The van der Waals surface area contributed by atoms with Crippen molar-refractivity contribution < 1.29 is 4.39 Å². The third-order valence-corrected chi connectivity index (χ3v) is 3.37. The van der Waals surface area contributed by atoms with Crippen molar-refractivity contribution in [2.75, 3.05) is 0 Å². The fourth-order valence-corrected chi connectivity index (χ4v) is 2.49. The maximum Gasteiger partial charge on any atom is 0.124 e. The van der Waals surface area contributed by atoms with Crippen LogP contribution >= 0.6 is 27.3 Å². The van der Waals surface area contributed by atoms with E-state index < -0.39 is 0 Å². The second kappa shape index (κ2) is 3.79. The fourth-order valence-electron chi connectivity index (χ4n) is 1.25. The van der Waals surface area contributed by atoms with Gasteiger partial charge in [-0.15, -0.1) is 11.3 Å². The summed E-state index contributed by atoms with van der Waals surface area (Å²) in [6, 6.07) is 4.93. The predicted octanol–water partition coefficient (Wildman–Crippen LogP) is 4.02. The van der Waals surface area contributed by atoms with Crippen LogP contribution in [0.15, 0.2) is 28.2 Å². The molecule has 0 spiro atoms. The molecule has 0 bridgehead atoms. The topological polar surface area (TPSA) is 12.9 Å². The van der Waals surface area contributed by atoms with Gasteiger partial charge in [-0.05, 0) is 46.6 Å². The molecule has 0 radical (unpaired) electrons. The smallest absolute Gasteiger partial charge is 0.124 e. The molecule has 0 aliphatic carbocycles. The van der Waals surface area contributed by atoms with E-state index in [4.69, 9.17) is 0 Å². The Balaban J connectivity index is 2.51. The first-order chi connectivity index (χ1) is 6.65. The van der Waals surface area contributed by atoms with Crippen LogP contribution in [0.25, 0.3) is 10.6 Å². The van der Waals surface area contributed by atoms with E-state index in [0.717, 1.165) is 20.7 Å². The molecule has 14 heavy (non-hydrogen) atoms. The van der Waals surface area contributed by atoms with Crippen LogP contribution in [0.2, 0.25) is 0 Å². The summed E-state index contributed by atoms with van der Waals surface area (Å²) in [6.45, 7) is 1.87. The van der Waals surface area contributed by atoms with Crippen LogP contribution in [-0.2, 0) is 0 Å². The monoisotopic (exact) mass is 271 g/mol. The Morgan fingerprint density at radius 1 is 1.36 bits per heavy atom. The molecule has 1 aromatic heterocycles. The molecule has 0 atom stereocenters. The molecule has 0 amide bonds. The quantitative estimate of drug-likeness (QED) is 0.764. The Hall–Kier alpha value is -0.740. The molecule has 1 heterocycles. The number of aryl methyl sites for hydroxylation is 1. The highest BCUT2D eigenvalue weighted by Gasteiger charge is 2.05. The molecule has 72 valence electrons. The Morgan fingerprint density at radius 3 is 2.71 bits per heavy atom. The van der Waals surface area contributed by atoms with Crippen LogP contribution < -0.4 is 0 Å². The predicted molar refractivity (Wildman–Crippen MR) is 59.9 cm³/mol. The standard InChI is InChI=1S/C10H7BrFNS/c1-6-2-7(4-8(12)3-6)10-13-9(11)5-14-10/h2-5H,1H3. The Labute approximate surface area is 93.7 Å². The number of hydrogen-bond acceptors (Lipinski definition) is 2. The number of nitrogens with zero attached hydrogens (tertiary/aromatic N) is 1. The van der Waals surface area contributed by atoms with Crippen LogP contribution in [0, 0.1) is 12.7 Å². The summed E-state index contributed by atoms with van der Waals surface area (Å²) in [6.07, 6.45) is 0. The van der Waals surface area contributed by atoms with E-state index >= 15 is 0 Å². The van der Waals surface area contributed by atoms with Crippen molar-refractivity contribution >= 4 is 27.3 Å². The zero-order valence-electron chi connectivity index (χ0n) is 7.42. The summed E-state index contributed by atoms with van der Waals surface area (Å²) in [5, 5.41) is 2.72. The number of aromatic nitrogens is 1. The third-order valence-electron chi connectivity index (χ3n) is 1.77. The van der Waals surface area contributed by atoms with Crippen LogP contribution in [0.5, 0.6) is 0 Å². The van der Waals surface area contributed by atoms with E-state index in [1.807, 2.05) is 18.4 Å². The van der Waals surface area contributed by atoms with Gasteiger partial charge in [-0.1, -0.05) is 0 Å². The van der Waals surface area contributed by atoms with E-state index in [1.54, 1.807) is 0 Å². The summed E-state index contributed by atoms with van der Waals surface area (Å²) < 4.78 is 13.9. The lowest BCUT2D eigenvalue weighted by Gasteiger charge is -1.98. The number of halogens is 2. The van der Waals surface area contributed by atoms with Crippen molar-refractivity contribution in [1.82, 2.24) is 4.98 Å². The molecule has 0 fully saturated rings. The number of hydrogen-bond donors (Lipinski definition) is 0. The van der Waals surface area contributed by atoms with Gasteiger partial charge in [0.2, 0.25) is 0 Å². The molecule has 0 saturated heterocycles. The summed E-state index contributed by atoms with van der Waals surface area (Å²) >= 11 is 4.77. The molecule has 2 aromatic rings. The molecule has 0 saturated carbocycles. The van der Waals surface area contributed by atoms with Gasteiger partial charge in [-0.3, -0.25) is 0 Å². The molecule has 1 nitrogen and oxygen atoms in total. The van der Waals surface area contributed by atoms with Crippen molar-refractivity contribution in [1.29, 1.82) is 0 Å². The molecule has 0 N–H and O–H groups in total. The maximum atomic E-state index is 13.1. The first-order valence-corrected chi connectivity index (χ1v) is 5.71. The zero-order chi connectivity index (χ0) is 10.1. The molecule has 0 unspecified atom stereocenters. The lowest BCUT2D eigenvalue weighted by atomic mass is 10.1. The van der Waals surface area contributed by atoms with Gasteiger partial charge in [0.25, 0.3) is 0 Å². The average molecular weight is 272 g/mol. The van der Waals surface area contributed by atoms with Crippen molar-refractivity contribution in [3.63, 3.8) is 0 Å². The lowest BCUT2D eigenvalue weighted by molar-refractivity contribution is 0.627.